The van der Waals surface area contributed by atoms with Gasteiger partial charge in [-0.25, -0.2) is 4.98 Å². The van der Waals surface area contributed by atoms with E-state index in [-0.39, 0.29) is 5.91 Å². The first-order valence-electron chi connectivity index (χ1n) is 6.30. The standard InChI is InChI=1S/C14H16N4O2/c1-3-15-14-16-9-8-13(18-14)20-12-7-5-4-6-11(12)17-10(2)19/h4-9H,3H2,1-2H3,(H,17,19)(H,15,16,18). The maximum atomic E-state index is 11.2. The first kappa shape index (κ1) is 13.8. The van der Waals surface area contributed by atoms with Gasteiger partial charge >= 0.3 is 0 Å². The maximum absolute atomic E-state index is 11.2. The van der Waals surface area contributed by atoms with Crippen molar-refractivity contribution in [1.82, 2.24) is 9.97 Å². The van der Waals surface area contributed by atoms with Crippen molar-refractivity contribution in [2.75, 3.05) is 17.2 Å². The Morgan fingerprint density at radius 3 is 2.85 bits per heavy atom. The molecule has 0 saturated heterocycles. The molecule has 2 N–H and O–H groups in total. The number of hydrogen-bond acceptors (Lipinski definition) is 5. The Balaban J connectivity index is 2.21. The van der Waals surface area contributed by atoms with Gasteiger partial charge in [-0.1, -0.05) is 12.1 Å². The summed E-state index contributed by atoms with van der Waals surface area (Å²) in [6, 6.07) is 8.84. The number of hydrogen-bond donors (Lipinski definition) is 2. The highest BCUT2D eigenvalue weighted by atomic mass is 16.5. The molecule has 6 heteroatoms. The van der Waals surface area contributed by atoms with E-state index in [0.717, 1.165) is 6.54 Å². The van der Waals surface area contributed by atoms with Crippen LogP contribution in [0.5, 0.6) is 11.6 Å². The molecule has 20 heavy (non-hydrogen) atoms. The minimum Gasteiger partial charge on any atom is -0.437 e. The summed E-state index contributed by atoms with van der Waals surface area (Å²) < 4.78 is 5.69. The van der Waals surface area contributed by atoms with Crippen LogP contribution >= 0.6 is 0 Å². The van der Waals surface area contributed by atoms with Gasteiger partial charge in [-0.15, -0.1) is 0 Å². The van der Waals surface area contributed by atoms with Gasteiger partial charge in [-0.3, -0.25) is 4.79 Å². The van der Waals surface area contributed by atoms with Crippen LogP contribution in [0.4, 0.5) is 11.6 Å². The van der Waals surface area contributed by atoms with Crippen molar-refractivity contribution in [2.24, 2.45) is 0 Å². The molecule has 6 nitrogen and oxygen atoms in total. The van der Waals surface area contributed by atoms with Crippen molar-refractivity contribution in [2.45, 2.75) is 13.8 Å². The fourth-order valence-electron chi connectivity index (χ4n) is 1.60. The van der Waals surface area contributed by atoms with Gasteiger partial charge in [-0.05, 0) is 19.1 Å². The van der Waals surface area contributed by atoms with Crippen LogP contribution in [0.15, 0.2) is 36.5 Å². The first-order chi connectivity index (χ1) is 9.69. The van der Waals surface area contributed by atoms with Gasteiger partial charge in [0.15, 0.2) is 5.75 Å². The number of amides is 1. The van der Waals surface area contributed by atoms with Crippen LogP contribution in [0, 0.1) is 0 Å². The van der Waals surface area contributed by atoms with Crippen LogP contribution in [-0.4, -0.2) is 22.4 Å². The van der Waals surface area contributed by atoms with Gasteiger partial charge in [0.05, 0.1) is 5.69 Å². The van der Waals surface area contributed by atoms with E-state index in [1.165, 1.54) is 6.92 Å². The predicted octanol–water partition coefficient (Wildman–Crippen LogP) is 2.66. The van der Waals surface area contributed by atoms with Crippen molar-refractivity contribution in [3.05, 3.63) is 36.5 Å². The van der Waals surface area contributed by atoms with Crippen molar-refractivity contribution >= 4 is 17.5 Å². The van der Waals surface area contributed by atoms with Crippen molar-refractivity contribution in [1.29, 1.82) is 0 Å². The van der Waals surface area contributed by atoms with E-state index in [0.29, 0.717) is 23.3 Å². The van der Waals surface area contributed by atoms with Gasteiger partial charge in [0.2, 0.25) is 17.7 Å². The van der Waals surface area contributed by atoms with Crippen molar-refractivity contribution in [3.63, 3.8) is 0 Å². The number of nitrogens with zero attached hydrogens (tertiary/aromatic N) is 2. The van der Waals surface area contributed by atoms with E-state index in [4.69, 9.17) is 4.74 Å². The third-order valence-corrected chi connectivity index (χ3v) is 2.38. The summed E-state index contributed by atoms with van der Waals surface area (Å²) >= 11 is 0. The van der Waals surface area contributed by atoms with Crippen LogP contribution in [-0.2, 0) is 4.79 Å². The number of para-hydroxylation sites is 2. The third-order valence-electron chi connectivity index (χ3n) is 2.38. The molecule has 2 aromatic rings. The number of nitrogens with one attached hydrogen (secondary N) is 2. The first-order valence-corrected chi connectivity index (χ1v) is 6.30. The van der Waals surface area contributed by atoms with Crippen LogP contribution in [0.25, 0.3) is 0 Å². The molecule has 0 aliphatic carbocycles. The molecule has 2 rings (SSSR count). The Kier molecular flexibility index (Phi) is 4.49. The zero-order valence-corrected chi connectivity index (χ0v) is 11.4. The highest BCUT2D eigenvalue weighted by Crippen LogP contribution is 2.28. The van der Waals surface area contributed by atoms with Crippen LogP contribution < -0.4 is 15.4 Å². The largest absolute Gasteiger partial charge is 0.437 e. The van der Waals surface area contributed by atoms with E-state index in [9.17, 15) is 4.79 Å². The molecule has 1 aromatic heterocycles. The van der Waals surface area contributed by atoms with Crippen LogP contribution in [0.2, 0.25) is 0 Å². The summed E-state index contributed by atoms with van der Waals surface area (Å²) in [4.78, 5) is 19.4. The van der Waals surface area contributed by atoms with Crippen LogP contribution in [0.3, 0.4) is 0 Å². The Morgan fingerprint density at radius 2 is 2.10 bits per heavy atom. The predicted molar refractivity (Wildman–Crippen MR) is 77.0 cm³/mol. The molecule has 0 bridgehead atoms. The molecule has 0 fully saturated rings. The second kappa shape index (κ2) is 6.51. The zero-order chi connectivity index (χ0) is 14.4. The Hall–Kier alpha value is -2.63. The molecule has 0 radical (unpaired) electrons. The summed E-state index contributed by atoms with van der Waals surface area (Å²) in [6.45, 7) is 4.14. The molecule has 104 valence electrons. The van der Waals surface area contributed by atoms with E-state index in [2.05, 4.69) is 20.6 Å². The average molecular weight is 272 g/mol. The highest BCUT2D eigenvalue weighted by molar-refractivity contribution is 5.90. The summed E-state index contributed by atoms with van der Waals surface area (Å²) in [5.41, 5.74) is 0.601. The van der Waals surface area contributed by atoms with E-state index >= 15 is 0 Å². The lowest BCUT2D eigenvalue weighted by Gasteiger charge is -2.11. The fraction of sp³-hybridized carbons (Fsp3) is 0.214. The Morgan fingerprint density at radius 1 is 1.30 bits per heavy atom. The summed E-state index contributed by atoms with van der Waals surface area (Å²) in [5, 5.41) is 5.72. The molecule has 0 unspecified atom stereocenters. The topological polar surface area (TPSA) is 76.1 Å². The molecule has 0 spiro atoms. The lowest BCUT2D eigenvalue weighted by Crippen LogP contribution is -2.07. The molecular weight excluding hydrogens is 256 g/mol. The molecule has 1 amide bonds. The lowest BCUT2D eigenvalue weighted by atomic mass is 10.3. The molecule has 1 heterocycles. The molecular formula is C14H16N4O2. The van der Waals surface area contributed by atoms with Gasteiger partial charge < -0.3 is 15.4 Å². The number of carbonyl (C=O) groups excluding carboxylic acids is 1. The Bertz CT molecular complexity index is 601. The zero-order valence-electron chi connectivity index (χ0n) is 11.4. The fourth-order valence-corrected chi connectivity index (χ4v) is 1.60. The summed E-state index contributed by atoms with van der Waals surface area (Å²) in [7, 11) is 0. The third kappa shape index (κ3) is 3.68. The molecule has 0 saturated carbocycles. The minimum atomic E-state index is -0.155. The summed E-state index contributed by atoms with van der Waals surface area (Å²) in [6.07, 6.45) is 1.61. The van der Waals surface area contributed by atoms with Gasteiger partial charge in [0.1, 0.15) is 0 Å². The molecule has 0 aliphatic heterocycles. The second-order valence-electron chi connectivity index (χ2n) is 4.03. The van der Waals surface area contributed by atoms with E-state index < -0.39 is 0 Å². The van der Waals surface area contributed by atoms with E-state index in [1.54, 1.807) is 24.4 Å². The molecule has 0 aliphatic rings. The highest BCUT2D eigenvalue weighted by Gasteiger charge is 2.07. The second-order valence-corrected chi connectivity index (χ2v) is 4.03. The van der Waals surface area contributed by atoms with Gasteiger partial charge in [0, 0.05) is 25.7 Å². The van der Waals surface area contributed by atoms with Gasteiger partial charge in [-0.2, -0.15) is 4.98 Å². The maximum Gasteiger partial charge on any atom is 0.225 e. The molecule has 0 atom stereocenters. The Labute approximate surface area is 117 Å². The number of anilines is 2. The molecule has 1 aromatic carbocycles. The van der Waals surface area contributed by atoms with Crippen molar-refractivity contribution < 1.29 is 9.53 Å². The number of aromatic nitrogens is 2. The number of ether oxygens (including phenoxy) is 1. The van der Waals surface area contributed by atoms with E-state index in [1.807, 2.05) is 19.1 Å². The average Bonchev–Trinajstić information content (AvgIpc) is 2.41. The summed E-state index contributed by atoms with van der Waals surface area (Å²) in [5.74, 6) is 1.29. The van der Waals surface area contributed by atoms with Gasteiger partial charge in [0.25, 0.3) is 0 Å². The van der Waals surface area contributed by atoms with Crippen LogP contribution in [0.1, 0.15) is 13.8 Å². The van der Waals surface area contributed by atoms with Crippen molar-refractivity contribution in [3.8, 4) is 11.6 Å². The normalized spacial score (nSPS) is 9.90. The number of carbonyl (C=O) groups is 1. The monoisotopic (exact) mass is 272 g/mol. The lowest BCUT2D eigenvalue weighted by molar-refractivity contribution is -0.114. The quantitative estimate of drug-likeness (QED) is 0.875. The minimum absolute atomic E-state index is 0.155. The smallest absolute Gasteiger partial charge is 0.225 e. The number of benzene rings is 1. The number of rotatable bonds is 5. The SMILES string of the molecule is CCNc1nccc(Oc2ccccc2NC(C)=O)n1.